The van der Waals surface area contributed by atoms with Crippen LogP contribution in [-0.4, -0.2) is 42.0 Å². The van der Waals surface area contributed by atoms with Gasteiger partial charge in [-0.25, -0.2) is 0 Å². The molecule has 2 unspecified atom stereocenters. The molecule has 0 aliphatic carbocycles. The molecular formula is C21H27NO4. The number of aliphatic hydroxyl groups is 1. The molecule has 2 aromatic carbocycles. The van der Waals surface area contributed by atoms with E-state index in [0.29, 0.717) is 26.0 Å². The number of carbonyl (C=O) groups excluding carboxylic acids is 1. The van der Waals surface area contributed by atoms with Crippen molar-refractivity contribution in [1.29, 1.82) is 0 Å². The summed E-state index contributed by atoms with van der Waals surface area (Å²) in [5.74, 6) is 0.146. The Balaban J connectivity index is 1.86. The van der Waals surface area contributed by atoms with Gasteiger partial charge in [-0.15, -0.1) is 0 Å². The van der Waals surface area contributed by atoms with E-state index in [2.05, 4.69) is 5.32 Å². The highest BCUT2D eigenvalue weighted by atomic mass is 16.5. The Morgan fingerprint density at radius 2 is 1.77 bits per heavy atom. The van der Waals surface area contributed by atoms with E-state index in [1.54, 1.807) is 19.1 Å². The van der Waals surface area contributed by atoms with Gasteiger partial charge in [0.15, 0.2) is 0 Å². The minimum absolute atomic E-state index is 0.00634. The van der Waals surface area contributed by atoms with E-state index in [9.17, 15) is 15.0 Å². The number of phenols is 1. The Morgan fingerprint density at radius 3 is 2.42 bits per heavy atom. The zero-order valence-electron chi connectivity index (χ0n) is 15.1. The third-order valence-electron chi connectivity index (χ3n) is 4.07. The second kappa shape index (κ2) is 10.6. The van der Waals surface area contributed by atoms with E-state index >= 15 is 0 Å². The zero-order valence-corrected chi connectivity index (χ0v) is 15.1. The number of benzene rings is 2. The lowest BCUT2D eigenvalue weighted by Gasteiger charge is -2.19. The van der Waals surface area contributed by atoms with Crippen molar-refractivity contribution in [2.45, 2.75) is 31.8 Å². The molecule has 0 aliphatic rings. The van der Waals surface area contributed by atoms with Gasteiger partial charge in [0, 0.05) is 18.9 Å². The van der Waals surface area contributed by atoms with Crippen LogP contribution in [0.1, 0.15) is 30.4 Å². The van der Waals surface area contributed by atoms with E-state index in [1.165, 1.54) is 0 Å². The molecule has 0 aliphatic heterocycles. The first-order chi connectivity index (χ1) is 12.5. The number of hydrogen-bond acceptors (Lipinski definition) is 4. The van der Waals surface area contributed by atoms with Crippen LogP contribution in [0.4, 0.5) is 0 Å². The molecule has 0 heterocycles. The molecule has 0 spiro atoms. The molecule has 2 rings (SSSR count). The van der Waals surface area contributed by atoms with Crippen LogP contribution >= 0.6 is 0 Å². The monoisotopic (exact) mass is 357 g/mol. The van der Waals surface area contributed by atoms with Gasteiger partial charge in [-0.05, 0) is 36.6 Å². The van der Waals surface area contributed by atoms with E-state index < -0.39 is 6.10 Å². The summed E-state index contributed by atoms with van der Waals surface area (Å²) in [6.07, 6.45) is 0.603. The molecule has 0 aromatic heterocycles. The van der Waals surface area contributed by atoms with Crippen LogP contribution in [0.25, 0.3) is 0 Å². The molecule has 0 saturated heterocycles. The van der Waals surface area contributed by atoms with Crippen molar-refractivity contribution in [1.82, 2.24) is 5.32 Å². The fraction of sp³-hybridized carbons (Fsp3) is 0.381. The van der Waals surface area contributed by atoms with Gasteiger partial charge in [-0.3, -0.25) is 4.79 Å². The van der Waals surface area contributed by atoms with E-state index in [1.807, 2.05) is 42.5 Å². The van der Waals surface area contributed by atoms with Gasteiger partial charge in [0.1, 0.15) is 5.75 Å². The van der Waals surface area contributed by atoms with E-state index in [0.717, 1.165) is 11.1 Å². The Hall–Kier alpha value is -2.37. The predicted octanol–water partition coefficient (Wildman–Crippen LogP) is 2.62. The van der Waals surface area contributed by atoms with Gasteiger partial charge >= 0.3 is 0 Å². The van der Waals surface area contributed by atoms with E-state index in [-0.39, 0.29) is 24.2 Å². The first-order valence-electron chi connectivity index (χ1n) is 8.90. The molecule has 1 amide bonds. The van der Waals surface area contributed by atoms with Crippen LogP contribution < -0.4 is 5.32 Å². The molecule has 3 N–H and O–H groups in total. The molecule has 2 atom stereocenters. The average Bonchev–Trinajstić information content (AvgIpc) is 2.64. The number of aliphatic hydroxyl groups excluding tert-OH is 1. The molecule has 2 aromatic rings. The van der Waals surface area contributed by atoms with Crippen LogP contribution in [0.15, 0.2) is 54.6 Å². The van der Waals surface area contributed by atoms with Crippen molar-refractivity contribution in [2.75, 3.05) is 19.8 Å². The summed E-state index contributed by atoms with van der Waals surface area (Å²) in [6, 6.07) is 16.8. The number of amides is 1. The fourth-order valence-corrected chi connectivity index (χ4v) is 2.63. The Bertz CT molecular complexity index is 655. The molecule has 0 bridgehead atoms. The number of ether oxygens (including phenoxy) is 1. The SMILES string of the molecule is CC(O)COCC(CNC(=O)CCc1ccccc1)c1ccc(O)cc1. The smallest absolute Gasteiger partial charge is 0.220 e. The van der Waals surface area contributed by atoms with Gasteiger partial charge in [0.05, 0.1) is 19.3 Å². The van der Waals surface area contributed by atoms with Crippen LogP contribution in [0.3, 0.4) is 0 Å². The first-order valence-corrected chi connectivity index (χ1v) is 8.90. The lowest BCUT2D eigenvalue weighted by molar-refractivity contribution is -0.121. The normalized spacial score (nSPS) is 13.2. The molecule has 0 fully saturated rings. The maximum Gasteiger partial charge on any atom is 0.220 e. The highest BCUT2D eigenvalue weighted by molar-refractivity contribution is 5.76. The van der Waals surface area contributed by atoms with Gasteiger partial charge < -0.3 is 20.3 Å². The average molecular weight is 357 g/mol. The molecule has 5 nitrogen and oxygen atoms in total. The fourth-order valence-electron chi connectivity index (χ4n) is 2.63. The highest BCUT2D eigenvalue weighted by Gasteiger charge is 2.14. The maximum atomic E-state index is 12.2. The second-order valence-electron chi connectivity index (χ2n) is 6.46. The van der Waals surface area contributed by atoms with Gasteiger partial charge in [0.2, 0.25) is 5.91 Å². The summed E-state index contributed by atoms with van der Waals surface area (Å²) >= 11 is 0. The lowest BCUT2D eigenvalue weighted by Crippen LogP contribution is -2.31. The Morgan fingerprint density at radius 1 is 1.08 bits per heavy atom. The number of carbonyl (C=O) groups is 1. The summed E-state index contributed by atoms with van der Waals surface area (Å²) < 4.78 is 5.54. The highest BCUT2D eigenvalue weighted by Crippen LogP contribution is 2.19. The van der Waals surface area contributed by atoms with Crippen molar-refractivity contribution in [2.24, 2.45) is 0 Å². The van der Waals surface area contributed by atoms with E-state index in [4.69, 9.17) is 4.74 Å². The van der Waals surface area contributed by atoms with Crippen molar-refractivity contribution in [3.05, 3.63) is 65.7 Å². The van der Waals surface area contributed by atoms with Crippen LogP contribution in [-0.2, 0) is 16.0 Å². The molecule has 0 radical (unpaired) electrons. The third kappa shape index (κ3) is 7.25. The third-order valence-corrected chi connectivity index (χ3v) is 4.07. The number of aryl methyl sites for hydroxylation is 1. The van der Waals surface area contributed by atoms with Crippen molar-refractivity contribution in [3.63, 3.8) is 0 Å². The van der Waals surface area contributed by atoms with Gasteiger partial charge in [0.25, 0.3) is 0 Å². The largest absolute Gasteiger partial charge is 0.508 e. The van der Waals surface area contributed by atoms with Crippen molar-refractivity contribution < 1.29 is 19.7 Å². The van der Waals surface area contributed by atoms with Crippen molar-refractivity contribution in [3.8, 4) is 5.75 Å². The minimum Gasteiger partial charge on any atom is -0.508 e. The molecule has 0 saturated carbocycles. The summed E-state index contributed by atoms with van der Waals surface area (Å²) in [6.45, 7) is 2.74. The summed E-state index contributed by atoms with van der Waals surface area (Å²) in [4.78, 5) is 12.2. The van der Waals surface area contributed by atoms with Gasteiger partial charge in [-0.1, -0.05) is 42.5 Å². The Labute approximate surface area is 154 Å². The number of rotatable bonds is 10. The maximum absolute atomic E-state index is 12.2. The van der Waals surface area contributed by atoms with Crippen LogP contribution in [0.2, 0.25) is 0 Å². The molecular weight excluding hydrogens is 330 g/mol. The first kappa shape index (κ1) is 19.9. The summed E-state index contributed by atoms with van der Waals surface area (Å²) in [5.41, 5.74) is 2.11. The van der Waals surface area contributed by atoms with Crippen molar-refractivity contribution >= 4 is 5.91 Å². The number of hydrogen-bond donors (Lipinski definition) is 3. The number of nitrogens with one attached hydrogen (secondary N) is 1. The second-order valence-corrected chi connectivity index (χ2v) is 6.46. The molecule has 140 valence electrons. The van der Waals surface area contributed by atoms with Crippen LogP contribution in [0.5, 0.6) is 5.75 Å². The molecule has 5 heteroatoms. The zero-order chi connectivity index (χ0) is 18.8. The topological polar surface area (TPSA) is 78.8 Å². The number of phenolic OH excluding ortho intramolecular Hbond substituents is 1. The molecule has 26 heavy (non-hydrogen) atoms. The number of aromatic hydroxyl groups is 1. The Kier molecular flexibility index (Phi) is 8.12. The van der Waals surface area contributed by atoms with Crippen LogP contribution in [0, 0.1) is 0 Å². The standard InChI is InChI=1S/C21H27NO4/c1-16(23)14-26-15-19(18-8-10-20(24)11-9-18)13-22-21(25)12-7-17-5-3-2-4-6-17/h2-6,8-11,16,19,23-24H,7,12-15H2,1H3,(H,22,25). The quantitative estimate of drug-likeness (QED) is 0.611. The predicted molar refractivity (Wildman–Crippen MR) is 101 cm³/mol. The summed E-state index contributed by atoms with van der Waals surface area (Å²) in [7, 11) is 0. The van der Waals surface area contributed by atoms with Gasteiger partial charge in [-0.2, -0.15) is 0 Å². The minimum atomic E-state index is -0.532. The lowest BCUT2D eigenvalue weighted by atomic mass is 9.99. The summed E-state index contributed by atoms with van der Waals surface area (Å²) in [5, 5.41) is 21.8.